The van der Waals surface area contributed by atoms with Crippen LogP contribution < -0.4 is 11.1 Å². The lowest BCUT2D eigenvalue weighted by Gasteiger charge is -2.07. The Bertz CT molecular complexity index is 974. The maximum atomic E-state index is 12.1. The van der Waals surface area contributed by atoms with Crippen molar-refractivity contribution in [1.82, 2.24) is 9.97 Å². The summed E-state index contributed by atoms with van der Waals surface area (Å²) >= 11 is 14.7. The molecule has 0 atom stereocenters. The topological polar surface area (TPSA) is 80.9 Å². The molecule has 0 bridgehead atoms. The number of thiophene rings is 1. The molecule has 3 aromatic rings. The molecule has 1 amide bonds. The van der Waals surface area contributed by atoms with E-state index in [4.69, 9.17) is 28.9 Å². The first-order chi connectivity index (χ1) is 11.8. The van der Waals surface area contributed by atoms with Crippen LogP contribution in [0.4, 0.5) is 11.5 Å². The van der Waals surface area contributed by atoms with Crippen LogP contribution in [0.5, 0.6) is 0 Å². The molecular weight excluding hydrogens is 399 g/mol. The predicted molar refractivity (Wildman–Crippen MR) is 107 cm³/mol. The summed E-state index contributed by atoms with van der Waals surface area (Å²) in [6.45, 7) is 4.03. The number of fused-ring (bicyclic) bond motifs is 1. The Morgan fingerprint density at radius 2 is 2.08 bits per heavy atom. The molecule has 0 aliphatic heterocycles. The number of carbonyl (C=O) groups is 1. The lowest BCUT2D eigenvalue weighted by molar-refractivity contribution is -0.113. The fourth-order valence-corrected chi connectivity index (χ4v) is 4.32. The summed E-state index contributed by atoms with van der Waals surface area (Å²) in [6.07, 6.45) is 0. The van der Waals surface area contributed by atoms with Crippen LogP contribution in [0.15, 0.2) is 23.4 Å². The van der Waals surface area contributed by atoms with Gasteiger partial charge in [-0.1, -0.05) is 35.0 Å². The Morgan fingerprint density at radius 1 is 1.32 bits per heavy atom. The Morgan fingerprint density at radius 3 is 2.84 bits per heavy atom. The molecule has 3 N–H and O–H groups in total. The highest BCUT2D eigenvalue weighted by atomic mass is 35.5. The number of nitrogen functional groups attached to an aromatic ring is 1. The van der Waals surface area contributed by atoms with Crippen LogP contribution in [-0.4, -0.2) is 21.6 Å². The largest absolute Gasteiger partial charge is 0.383 e. The number of amides is 1. The lowest BCUT2D eigenvalue weighted by Crippen LogP contribution is -2.14. The molecule has 2 heterocycles. The third-order valence-electron chi connectivity index (χ3n) is 3.57. The number of nitrogens with zero attached hydrogens (tertiary/aromatic N) is 2. The number of rotatable bonds is 4. The second-order valence-electron chi connectivity index (χ2n) is 5.32. The number of carbonyl (C=O) groups excluding carboxylic acids is 1. The van der Waals surface area contributed by atoms with E-state index in [0.717, 1.165) is 20.7 Å². The van der Waals surface area contributed by atoms with Gasteiger partial charge in [-0.15, -0.1) is 11.3 Å². The number of halogens is 2. The molecule has 0 radical (unpaired) electrons. The molecule has 0 aliphatic carbocycles. The summed E-state index contributed by atoms with van der Waals surface area (Å²) in [5, 5.41) is 5.01. The molecule has 0 unspecified atom stereocenters. The Labute approximate surface area is 162 Å². The Kier molecular flexibility index (Phi) is 5.38. The normalized spacial score (nSPS) is 11.0. The van der Waals surface area contributed by atoms with E-state index >= 15 is 0 Å². The Hall–Kier alpha value is -1.54. The van der Waals surface area contributed by atoms with Gasteiger partial charge in [-0.25, -0.2) is 9.97 Å². The third-order valence-corrected chi connectivity index (χ3v) is 6.08. The summed E-state index contributed by atoms with van der Waals surface area (Å²) < 4.78 is 0. The monoisotopic (exact) mass is 412 g/mol. The molecule has 0 fully saturated rings. The molecule has 2 aromatic heterocycles. The molecule has 130 valence electrons. The molecule has 0 saturated heterocycles. The number of benzene rings is 1. The standard InChI is InChI=1S/C16H14Cl2N4OS2/c1-7-8(2)25-15-13(7)14(19)21-16(22-15)24-6-12(23)20-11-5-9(17)3-4-10(11)18/h3-5H,6H2,1-2H3,(H,20,23)(H2,19,21,22). The summed E-state index contributed by atoms with van der Waals surface area (Å²) in [6, 6.07) is 4.89. The summed E-state index contributed by atoms with van der Waals surface area (Å²) in [5.41, 5.74) is 7.62. The van der Waals surface area contributed by atoms with Gasteiger partial charge in [0.2, 0.25) is 5.91 Å². The van der Waals surface area contributed by atoms with E-state index < -0.39 is 0 Å². The van der Waals surface area contributed by atoms with E-state index in [9.17, 15) is 4.79 Å². The summed E-state index contributed by atoms with van der Waals surface area (Å²) in [7, 11) is 0. The first-order valence-electron chi connectivity index (χ1n) is 7.26. The van der Waals surface area contributed by atoms with Crippen LogP contribution in [0.3, 0.4) is 0 Å². The minimum absolute atomic E-state index is 0.136. The van der Waals surface area contributed by atoms with Crippen molar-refractivity contribution >= 4 is 73.9 Å². The van der Waals surface area contributed by atoms with Gasteiger partial charge in [0.05, 0.1) is 21.8 Å². The van der Waals surface area contributed by atoms with Crippen LogP contribution in [0.1, 0.15) is 10.4 Å². The van der Waals surface area contributed by atoms with E-state index in [1.165, 1.54) is 11.8 Å². The van der Waals surface area contributed by atoms with Crippen molar-refractivity contribution < 1.29 is 4.79 Å². The molecule has 0 aliphatic rings. The van der Waals surface area contributed by atoms with Gasteiger partial charge in [-0.3, -0.25) is 4.79 Å². The van der Waals surface area contributed by atoms with Gasteiger partial charge in [0.25, 0.3) is 0 Å². The van der Waals surface area contributed by atoms with Crippen molar-refractivity contribution in [3.8, 4) is 0 Å². The zero-order valence-electron chi connectivity index (χ0n) is 13.4. The SMILES string of the molecule is Cc1sc2nc(SCC(=O)Nc3cc(Cl)ccc3Cl)nc(N)c2c1C. The number of thioether (sulfide) groups is 1. The minimum atomic E-state index is -0.227. The molecule has 25 heavy (non-hydrogen) atoms. The zero-order chi connectivity index (χ0) is 18.1. The maximum absolute atomic E-state index is 12.1. The van der Waals surface area contributed by atoms with Gasteiger partial charge in [0.1, 0.15) is 10.6 Å². The lowest BCUT2D eigenvalue weighted by atomic mass is 10.2. The van der Waals surface area contributed by atoms with Crippen molar-refractivity contribution in [3.63, 3.8) is 0 Å². The molecular formula is C16H14Cl2N4OS2. The van der Waals surface area contributed by atoms with Crippen molar-refractivity contribution in [2.75, 3.05) is 16.8 Å². The second-order valence-corrected chi connectivity index (χ2v) is 8.31. The van der Waals surface area contributed by atoms with E-state index in [1.54, 1.807) is 29.5 Å². The van der Waals surface area contributed by atoms with Crippen LogP contribution in [-0.2, 0) is 4.79 Å². The van der Waals surface area contributed by atoms with Crippen LogP contribution in [0, 0.1) is 13.8 Å². The van der Waals surface area contributed by atoms with Crippen LogP contribution in [0.2, 0.25) is 10.0 Å². The number of nitrogens with two attached hydrogens (primary N) is 1. The van der Waals surface area contributed by atoms with E-state index in [-0.39, 0.29) is 11.7 Å². The number of aryl methyl sites for hydroxylation is 2. The Balaban J connectivity index is 1.72. The first-order valence-corrected chi connectivity index (χ1v) is 9.82. The van der Waals surface area contributed by atoms with Crippen molar-refractivity contribution in [3.05, 3.63) is 38.7 Å². The average Bonchev–Trinajstić information content (AvgIpc) is 2.84. The smallest absolute Gasteiger partial charge is 0.234 e. The van der Waals surface area contributed by atoms with Gasteiger partial charge in [-0.2, -0.15) is 0 Å². The first kappa shape index (κ1) is 18.3. The maximum Gasteiger partial charge on any atom is 0.234 e. The molecule has 1 aromatic carbocycles. The fraction of sp³-hybridized carbons (Fsp3) is 0.188. The van der Waals surface area contributed by atoms with Crippen LogP contribution in [0.25, 0.3) is 10.2 Å². The number of hydrogen-bond acceptors (Lipinski definition) is 6. The second kappa shape index (κ2) is 7.37. The number of anilines is 2. The average molecular weight is 413 g/mol. The highest BCUT2D eigenvalue weighted by molar-refractivity contribution is 7.99. The van der Waals surface area contributed by atoms with Gasteiger partial charge in [-0.05, 0) is 37.6 Å². The highest BCUT2D eigenvalue weighted by Gasteiger charge is 2.14. The van der Waals surface area contributed by atoms with Gasteiger partial charge in [0, 0.05) is 9.90 Å². The highest BCUT2D eigenvalue weighted by Crippen LogP contribution is 2.33. The van der Waals surface area contributed by atoms with E-state index in [1.807, 2.05) is 13.8 Å². The zero-order valence-corrected chi connectivity index (χ0v) is 16.5. The van der Waals surface area contributed by atoms with Gasteiger partial charge < -0.3 is 11.1 Å². The molecule has 3 rings (SSSR count). The van der Waals surface area contributed by atoms with Gasteiger partial charge in [0.15, 0.2) is 5.16 Å². The van der Waals surface area contributed by atoms with Crippen molar-refractivity contribution in [1.29, 1.82) is 0 Å². The molecule has 0 saturated carbocycles. The molecule has 0 spiro atoms. The number of hydrogen-bond donors (Lipinski definition) is 2. The van der Waals surface area contributed by atoms with Gasteiger partial charge >= 0.3 is 0 Å². The molecule has 5 nitrogen and oxygen atoms in total. The summed E-state index contributed by atoms with van der Waals surface area (Å²) in [5.74, 6) is 0.347. The van der Waals surface area contributed by atoms with Crippen LogP contribution >= 0.6 is 46.3 Å². The number of aromatic nitrogens is 2. The molecule has 9 heteroatoms. The third kappa shape index (κ3) is 4.00. The predicted octanol–water partition coefficient (Wildman–Crippen LogP) is 4.93. The number of nitrogens with one attached hydrogen (secondary N) is 1. The van der Waals surface area contributed by atoms with Crippen molar-refractivity contribution in [2.24, 2.45) is 0 Å². The quantitative estimate of drug-likeness (QED) is 0.468. The fourth-order valence-electron chi connectivity index (χ4n) is 2.23. The minimum Gasteiger partial charge on any atom is -0.383 e. The summed E-state index contributed by atoms with van der Waals surface area (Å²) in [4.78, 5) is 22.9. The van der Waals surface area contributed by atoms with Crippen molar-refractivity contribution in [2.45, 2.75) is 19.0 Å². The van der Waals surface area contributed by atoms with E-state index in [0.29, 0.717) is 26.7 Å². The van der Waals surface area contributed by atoms with E-state index in [2.05, 4.69) is 15.3 Å².